The van der Waals surface area contributed by atoms with E-state index < -0.39 is 11.5 Å². The van der Waals surface area contributed by atoms with E-state index in [0.29, 0.717) is 17.9 Å². The number of hydrogen-bond donors (Lipinski definition) is 3. The molecule has 0 aliphatic rings. The largest absolute Gasteiger partial charge is 0.497 e. The molecule has 0 spiro atoms. The van der Waals surface area contributed by atoms with Crippen LogP contribution in [0.3, 0.4) is 0 Å². The summed E-state index contributed by atoms with van der Waals surface area (Å²) in [5.41, 5.74) is -0.457. The topological polar surface area (TPSA) is 87.7 Å². The van der Waals surface area contributed by atoms with Crippen molar-refractivity contribution in [3.8, 4) is 5.75 Å². The predicted molar refractivity (Wildman–Crippen MR) is 80.6 cm³/mol. The van der Waals surface area contributed by atoms with Gasteiger partial charge in [0, 0.05) is 5.69 Å². The normalized spacial score (nSPS) is 13.3. The standard InChI is InChI=1S/C15H22N2O4/c1-4-9-15(2,14(19)20)16-10-13(18)17-11-5-7-12(21-3)8-6-11/h5-8,16H,4,9-10H2,1-3H3,(H,17,18)(H,19,20). The van der Waals surface area contributed by atoms with E-state index in [0.717, 1.165) is 6.42 Å². The summed E-state index contributed by atoms with van der Waals surface area (Å²) in [6, 6.07) is 6.92. The Morgan fingerprint density at radius 2 is 1.90 bits per heavy atom. The first kappa shape index (κ1) is 17.0. The highest BCUT2D eigenvalue weighted by Crippen LogP contribution is 2.15. The molecule has 21 heavy (non-hydrogen) atoms. The van der Waals surface area contributed by atoms with Crippen LogP contribution in [0.25, 0.3) is 0 Å². The quantitative estimate of drug-likeness (QED) is 0.681. The van der Waals surface area contributed by atoms with E-state index in [-0.39, 0.29) is 12.5 Å². The molecule has 1 amide bonds. The average Bonchev–Trinajstić information content (AvgIpc) is 2.46. The van der Waals surface area contributed by atoms with Gasteiger partial charge in [0.05, 0.1) is 13.7 Å². The van der Waals surface area contributed by atoms with Gasteiger partial charge in [-0.2, -0.15) is 0 Å². The summed E-state index contributed by atoms with van der Waals surface area (Å²) in [6.07, 6.45) is 1.17. The number of carbonyl (C=O) groups is 2. The Morgan fingerprint density at radius 3 is 2.38 bits per heavy atom. The fourth-order valence-electron chi connectivity index (χ4n) is 1.93. The first-order valence-electron chi connectivity index (χ1n) is 6.83. The highest BCUT2D eigenvalue weighted by atomic mass is 16.5. The first-order valence-corrected chi connectivity index (χ1v) is 6.83. The third kappa shape index (κ3) is 5.07. The molecule has 0 aliphatic heterocycles. The van der Waals surface area contributed by atoms with Gasteiger partial charge in [-0.05, 0) is 37.6 Å². The number of benzene rings is 1. The molecule has 6 nitrogen and oxygen atoms in total. The number of nitrogens with one attached hydrogen (secondary N) is 2. The molecule has 0 aromatic heterocycles. The third-order valence-corrected chi connectivity index (χ3v) is 3.23. The highest BCUT2D eigenvalue weighted by molar-refractivity contribution is 5.92. The fraction of sp³-hybridized carbons (Fsp3) is 0.467. The van der Waals surface area contributed by atoms with Gasteiger partial charge in [0.25, 0.3) is 0 Å². The van der Waals surface area contributed by atoms with Crippen molar-refractivity contribution >= 4 is 17.6 Å². The molecule has 1 aromatic rings. The second kappa shape index (κ2) is 7.64. The number of hydrogen-bond acceptors (Lipinski definition) is 4. The van der Waals surface area contributed by atoms with Crippen LogP contribution in [0, 0.1) is 0 Å². The molecule has 1 aromatic carbocycles. The third-order valence-electron chi connectivity index (χ3n) is 3.23. The van der Waals surface area contributed by atoms with Gasteiger partial charge in [-0.25, -0.2) is 0 Å². The number of amides is 1. The van der Waals surface area contributed by atoms with Crippen molar-refractivity contribution in [3.63, 3.8) is 0 Å². The zero-order valence-electron chi connectivity index (χ0n) is 12.6. The van der Waals surface area contributed by atoms with Gasteiger partial charge in [-0.1, -0.05) is 13.3 Å². The summed E-state index contributed by atoms with van der Waals surface area (Å²) in [6.45, 7) is 3.43. The Kier molecular flexibility index (Phi) is 6.17. The van der Waals surface area contributed by atoms with Crippen molar-refractivity contribution in [2.75, 3.05) is 19.0 Å². The lowest BCUT2D eigenvalue weighted by molar-refractivity contribution is -0.144. The number of carboxylic acids is 1. The minimum absolute atomic E-state index is 0.0607. The van der Waals surface area contributed by atoms with Crippen LogP contribution in [0.15, 0.2) is 24.3 Å². The van der Waals surface area contributed by atoms with Crippen molar-refractivity contribution in [1.29, 1.82) is 0 Å². The molecule has 0 saturated carbocycles. The van der Waals surface area contributed by atoms with Crippen LogP contribution in [0.4, 0.5) is 5.69 Å². The summed E-state index contributed by atoms with van der Waals surface area (Å²) < 4.78 is 5.03. The van der Waals surface area contributed by atoms with E-state index in [4.69, 9.17) is 4.74 Å². The molecule has 0 radical (unpaired) electrons. The summed E-state index contributed by atoms with van der Waals surface area (Å²) in [7, 11) is 1.57. The van der Waals surface area contributed by atoms with Crippen LogP contribution in [0.5, 0.6) is 5.75 Å². The Labute approximate surface area is 124 Å². The minimum Gasteiger partial charge on any atom is -0.497 e. The molecule has 0 bridgehead atoms. The fourth-order valence-corrected chi connectivity index (χ4v) is 1.93. The molecule has 0 heterocycles. The molecular formula is C15H22N2O4. The number of rotatable bonds is 8. The number of aliphatic carboxylic acids is 1. The Hall–Kier alpha value is -2.08. The van der Waals surface area contributed by atoms with Gasteiger partial charge in [0.1, 0.15) is 11.3 Å². The molecule has 0 aliphatic carbocycles. The molecule has 0 saturated heterocycles. The Bertz CT molecular complexity index is 487. The minimum atomic E-state index is -1.09. The molecule has 1 unspecified atom stereocenters. The lowest BCUT2D eigenvalue weighted by atomic mass is 9.96. The number of carboxylic acid groups (broad SMARTS) is 1. The van der Waals surface area contributed by atoms with Gasteiger partial charge < -0.3 is 15.2 Å². The smallest absolute Gasteiger partial charge is 0.323 e. The van der Waals surface area contributed by atoms with Crippen LogP contribution in [-0.2, 0) is 9.59 Å². The number of methoxy groups -OCH3 is 1. The van der Waals surface area contributed by atoms with Gasteiger partial charge in [0.2, 0.25) is 5.91 Å². The van der Waals surface area contributed by atoms with E-state index in [1.165, 1.54) is 0 Å². The van der Waals surface area contributed by atoms with Crippen LogP contribution >= 0.6 is 0 Å². The lowest BCUT2D eigenvalue weighted by Crippen LogP contribution is -2.51. The zero-order valence-corrected chi connectivity index (χ0v) is 12.6. The van der Waals surface area contributed by atoms with E-state index in [9.17, 15) is 14.7 Å². The molecular weight excluding hydrogens is 272 g/mol. The second-order valence-corrected chi connectivity index (χ2v) is 5.02. The Morgan fingerprint density at radius 1 is 1.29 bits per heavy atom. The van der Waals surface area contributed by atoms with E-state index in [2.05, 4.69) is 10.6 Å². The summed E-state index contributed by atoms with van der Waals surface area (Å²) in [5.74, 6) is -0.544. The van der Waals surface area contributed by atoms with E-state index >= 15 is 0 Å². The Balaban J connectivity index is 2.54. The highest BCUT2D eigenvalue weighted by Gasteiger charge is 2.31. The molecule has 6 heteroatoms. The SMILES string of the molecule is CCCC(C)(NCC(=O)Nc1ccc(OC)cc1)C(=O)O. The van der Waals surface area contributed by atoms with Crippen LogP contribution in [-0.4, -0.2) is 36.2 Å². The van der Waals surface area contributed by atoms with Gasteiger partial charge >= 0.3 is 5.97 Å². The number of anilines is 1. The molecule has 0 fully saturated rings. The van der Waals surface area contributed by atoms with Crippen molar-refractivity contribution in [2.24, 2.45) is 0 Å². The molecule has 1 atom stereocenters. The molecule has 116 valence electrons. The maximum absolute atomic E-state index is 11.8. The van der Waals surface area contributed by atoms with Crippen LogP contribution in [0.1, 0.15) is 26.7 Å². The van der Waals surface area contributed by atoms with Gasteiger partial charge in [0.15, 0.2) is 0 Å². The molecule has 3 N–H and O–H groups in total. The summed E-state index contributed by atoms with van der Waals surface area (Å²) in [5, 5.41) is 14.7. The number of ether oxygens (including phenoxy) is 1. The lowest BCUT2D eigenvalue weighted by Gasteiger charge is -2.25. The van der Waals surface area contributed by atoms with E-state index in [1.54, 1.807) is 38.3 Å². The number of carbonyl (C=O) groups excluding carboxylic acids is 1. The predicted octanol–water partition coefficient (Wildman–Crippen LogP) is 1.87. The maximum Gasteiger partial charge on any atom is 0.323 e. The van der Waals surface area contributed by atoms with Crippen molar-refractivity contribution in [2.45, 2.75) is 32.2 Å². The van der Waals surface area contributed by atoms with Gasteiger partial charge in [-0.3, -0.25) is 14.9 Å². The van der Waals surface area contributed by atoms with Gasteiger partial charge in [-0.15, -0.1) is 0 Å². The summed E-state index contributed by atoms with van der Waals surface area (Å²) in [4.78, 5) is 23.1. The average molecular weight is 294 g/mol. The van der Waals surface area contributed by atoms with Crippen LogP contribution in [0.2, 0.25) is 0 Å². The van der Waals surface area contributed by atoms with Crippen molar-refractivity contribution in [1.82, 2.24) is 5.32 Å². The maximum atomic E-state index is 11.8. The molecule has 1 rings (SSSR count). The van der Waals surface area contributed by atoms with Crippen molar-refractivity contribution < 1.29 is 19.4 Å². The van der Waals surface area contributed by atoms with Crippen LogP contribution < -0.4 is 15.4 Å². The van der Waals surface area contributed by atoms with Crippen molar-refractivity contribution in [3.05, 3.63) is 24.3 Å². The summed E-state index contributed by atoms with van der Waals surface area (Å²) >= 11 is 0. The van der Waals surface area contributed by atoms with E-state index in [1.807, 2.05) is 6.92 Å². The first-order chi connectivity index (χ1) is 9.91. The monoisotopic (exact) mass is 294 g/mol. The zero-order chi connectivity index (χ0) is 15.9. The second-order valence-electron chi connectivity index (χ2n) is 5.02.